The summed E-state index contributed by atoms with van der Waals surface area (Å²) in [5, 5.41) is 2.97. The van der Waals surface area contributed by atoms with Crippen LogP contribution in [-0.2, 0) is 7.05 Å². The summed E-state index contributed by atoms with van der Waals surface area (Å²) in [4.78, 5) is 4.15. The number of imidazole rings is 1. The minimum atomic E-state index is -4.72. The van der Waals surface area contributed by atoms with Gasteiger partial charge in [-0.1, -0.05) is 12.1 Å². The van der Waals surface area contributed by atoms with E-state index in [0.29, 0.717) is 5.82 Å². The van der Waals surface area contributed by atoms with E-state index in [4.69, 9.17) is 0 Å². The second kappa shape index (κ2) is 5.44. The third-order valence-corrected chi connectivity index (χ3v) is 2.73. The fourth-order valence-corrected chi connectivity index (χ4v) is 1.89. The maximum atomic E-state index is 12.3. The Hall–Kier alpha value is -2.18. The zero-order chi connectivity index (χ0) is 14.8. The number of rotatable bonds is 4. The molecule has 2 rings (SSSR count). The van der Waals surface area contributed by atoms with Crippen molar-refractivity contribution in [3.05, 3.63) is 42.5 Å². The largest absolute Gasteiger partial charge is 0.573 e. The lowest BCUT2D eigenvalue weighted by atomic mass is 10.2. The summed E-state index contributed by atoms with van der Waals surface area (Å²) in [6.45, 7) is 1.81. The molecule has 4 nitrogen and oxygen atoms in total. The SMILES string of the molecule is CC(Nc1ccccc1OC(F)(F)F)c1nccn1C. The van der Waals surface area contributed by atoms with Gasteiger partial charge in [0.1, 0.15) is 5.82 Å². The minimum Gasteiger partial charge on any atom is -0.404 e. The number of benzene rings is 1. The van der Waals surface area contributed by atoms with E-state index in [0.717, 1.165) is 0 Å². The van der Waals surface area contributed by atoms with E-state index >= 15 is 0 Å². The first-order valence-electron chi connectivity index (χ1n) is 5.95. The summed E-state index contributed by atoms with van der Waals surface area (Å²) in [5.74, 6) is 0.452. The van der Waals surface area contributed by atoms with E-state index < -0.39 is 6.36 Å². The number of aryl methyl sites for hydroxylation is 1. The monoisotopic (exact) mass is 285 g/mol. The van der Waals surface area contributed by atoms with Crippen LogP contribution >= 0.6 is 0 Å². The lowest BCUT2D eigenvalue weighted by Crippen LogP contribution is -2.19. The molecule has 1 atom stereocenters. The van der Waals surface area contributed by atoms with Crippen LogP contribution in [0.2, 0.25) is 0 Å². The Labute approximate surface area is 114 Å². The van der Waals surface area contributed by atoms with Crippen molar-refractivity contribution in [2.24, 2.45) is 7.05 Å². The van der Waals surface area contributed by atoms with Gasteiger partial charge in [0.2, 0.25) is 0 Å². The fraction of sp³-hybridized carbons (Fsp3) is 0.308. The van der Waals surface area contributed by atoms with Crippen LogP contribution in [-0.4, -0.2) is 15.9 Å². The highest BCUT2D eigenvalue weighted by Crippen LogP contribution is 2.31. The number of ether oxygens (including phenoxy) is 1. The average Bonchev–Trinajstić information content (AvgIpc) is 2.76. The second-order valence-electron chi connectivity index (χ2n) is 4.31. The molecule has 0 aliphatic heterocycles. The van der Waals surface area contributed by atoms with Crippen LogP contribution in [0.15, 0.2) is 36.7 Å². The Morgan fingerprint density at radius 1 is 1.30 bits per heavy atom. The number of aromatic nitrogens is 2. The van der Waals surface area contributed by atoms with Crippen molar-refractivity contribution < 1.29 is 17.9 Å². The smallest absolute Gasteiger partial charge is 0.404 e. The Morgan fingerprint density at radius 2 is 2.00 bits per heavy atom. The van der Waals surface area contributed by atoms with Crippen molar-refractivity contribution >= 4 is 5.69 Å². The summed E-state index contributed by atoms with van der Waals surface area (Å²) in [5.41, 5.74) is 0.264. The Kier molecular flexibility index (Phi) is 3.87. The van der Waals surface area contributed by atoms with Crippen molar-refractivity contribution in [1.29, 1.82) is 0 Å². The average molecular weight is 285 g/mol. The van der Waals surface area contributed by atoms with Gasteiger partial charge in [0.05, 0.1) is 11.7 Å². The number of hydrogen-bond acceptors (Lipinski definition) is 3. The molecule has 1 N–H and O–H groups in total. The molecular weight excluding hydrogens is 271 g/mol. The van der Waals surface area contributed by atoms with E-state index in [2.05, 4.69) is 15.0 Å². The molecule has 0 fully saturated rings. The molecule has 2 aromatic rings. The number of alkyl halides is 3. The van der Waals surface area contributed by atoms with Crippen molar-refractivity contribution in [2.45, 2.75) is 19.3 Å². The van der Waals surface area contributed by atoms with E-state index in [9.17, 15) is 13.2 Å². The highest BCUT2D eigenvalue weighted by Gasteiger charge is 2.32. The van der Waals surface area contributed by atoms with Crippen LogP contribution in [0, 0.1) is 0 Å². The van der Waals surface area contributed by atoms with E-state index in [1.165, 1.54) is 18.2 Å². The fourth-order valence-electron chi connectivity index (χ4n) is 1.89. The molecule has 0 aliphatic rings. The quantitative estimate of drug-likeness (QED) is 0.934. The molecule has 0 radical (unpaired) electrons. The van der Waals surface area contributed by atoms with Gasteiger partial charge in [0, 0.05) is 19.4 Å². The van der Waals surface area contributed by atoms with Gasteiger partial charge in [-0.3, -0.25) is 0 Å². The predicted molar refractivity (Wildman–Crippen MR) is 68.4 cm³/mol. The predicted octanol–water partition coefficient (Wildman–Crippen LogP) is 3.49. The zero-order valence-electron chi connectivity index (χ0n) is 11.0. The van der Waals surface area contributed by atoms with Crippen LogP contribution in [0.5, 0.6) is 5.75 Å². The van der Waals surface area contributed by atoms with E-state index in [1.54, 1.807) is 23.0 Å². The molecule has 7 heteroatoms. The number of hydrogen-bond donors (Lipinski definition) is 1. The third-order valence-electron chi connectivity index (χ3n) is 2.73. The first-order chi connectivity index (χ1) is 9.37. The van der Waals surface area contributed by atoms with Crippen LogP contribution in [0.4, 0.5) is 18.9 Å². The number of para-hydroxylation sites is 2. The van der Waals surface area contributed by atoms with Crippen LogP contribution in [0.3, 0.4) is 0 Å². The maximum Gasteiger partial charge on any atom is 0.573 e. The normalized spacial score (nSPS) is 13.1. The molecule has 1 heterocycles. The van der Waals surface area contributed by atoms with E-state index in [-0.39, 0.29) is 17.5 Å². The van der Waals surface area contributed by atoms with Gasteiger partial charge in [-0.15, -0.1) is 13.2 Å². The van der Waals surface area contributed by atoms with Crippen LogP contribution in [0.1, 0.15) is 18.8 Å². The molecule has 20 heavy (non-hydrogen) atoms. The first-order valence-corrected chi connectivity index (χ1v) is 5.95. The molecule has 1 unspecified atom stereocenters. The van der Waals surface area contributed by atoms with Gasteiger partial charge in [-0.05, 0) is 19.1 Å². The van der Waals surface area contributed by atoms with Crippen LogP contribution < -0.4 is 10.1 Å². The molecular formula is C13H14F3N3O. The highest BCUT2D eigenvalue weighted by atomic mass is 19.4. The van der Waals surface area contributed by atoms with Gasteiger partial charge in [-0.25, -0.2) is 4.98 Å². The maximum absolute atomic E-state index is 12.3. The number of halogens is 3. The summed E-state index contributed by atoms with van der Waals surface area (Å²) < 4.78 is 42.8. The Balaban J connectivity index is 2.19. The van der Waals surface area contributed by atoms with Gasteiger partial charge in [0.15, 0.2) is 5.75 Å². The Morgan fingerprint density at radius 3 is 2.60 bits per heavy atom. The lowest BCUT2D eigenvalue weighted by Gasteiger charge is -2.18. The van der Waals surface area contributed by atoms with Crippen molar-refractivity contribution in [2.75, 3.05) is 5.32 Å². The second-order valence-corrected chi connectivity index (χ2v) is 4.31. The van der Waals surface area contributed by atoms with Gasteiger partial charge >= 0.3 is 6.36 Å². The Bertz CT molecular complexity index is 580. The number of anilines is 1. The first kappa shape index (κ1) is 14.2. The summed E-state index contributed by atoms with van der Waals surface area (Å²) in [6.07, 6.45) is -1.32. The molecule has 1 aromatic heterocycles. The number of nitrogens with zero attached hydrogens (tertiary/aromatic N) is 2. The van der Waals surface area contributed by atoms with Gasteiger partial charge < -0.3 is 14.6 Å². The molecule has 0 aliphatic carbocycles. The van der Waals surface area contributed by atoms with Gasteiger partial charge in [0.25, 0.3) is 0 Å². The van der Waals surface area contributed by atoms with Crippen LogP contribution in [0.25, 0.3) is 0 Å². The molecule has 0 amide bonds. The van der Waals surface area contributed by atoms with E-state index in [1.807, 2.05) is 14.0 Å². The summed E-state index contributed by atoms with van der Waals surface area (Å²) >= 11 is 0. The van der Waals surface area contributed by atoms with Gasteiger partial charge in [-0.2, -0.15) is 0 Å². The molecule has 108 valence electrons. The summed E-state index contributed by atoms with van der Waals surface area (Å²) in [6, 6.07) is 5.66. The molecule has 1 aromatic carbocycles. The minimum absolute atomic E-state index is 0.256. The molecule has 0 spiro atoms. The summed E-state index contributed by atoms with van der Waals surface area (Å²) in [7, 11) is 1.82. The van der Waals surface area contributed by atoms with Crippen molar-refractivity contribution in [3.63, 3.8) is 0 Å². The highest BCUT2D eigenvalue weighted by molar-refractivity contribution is 5.57. The molecule has 0 bridgehead atoms. The lowest BCUT2D eigenvalue weighted by molar-refractivity contribution is -0.274. The molecule has 0 saturated carbocycles. The van der Waals surface area contributed by atoms with Crippen molar-refractivity contribution in [3.8, 4) is 5.75 Å². The third kappa shape index (κ3) is 3.43. The van der Waals surface area contributed by atoms with Crippen molar-refractivity contribution in [1.82, 2.24) is 9.55 Å². The molecule has 0 saturated heterocycles. The topological polar surface area (TPSA) is 39.1 Å². The zero-order valence-corrected chi connectivity index (χ0v) is 11.0. The standard InChI is InChI=1S/C13H14F3N3O/c1-9(12-17-7-8-19(12)2)18-10-5-3-4-6-11(10)20-13(14,15)16/h3-9,18H,1-2H3. The number of nitrogens with one attached hydrogen (secondary N) is 1.